The van der Waals surface area contributed by atoms with Crippen LogP contribution in [0.15, 0.2) is 52.7 Å². The number of allylic oxidation sites excluding steroid dienone is 1. The summed E-state index contributed by atoms with van der Waals surface area (Å²) < 4.78 is 33.1. The molecule has 0 heterocycles. The van der Waals surface area contributed by atoms with Crippen LogP contribution in [0.1, 0.15) is 36.3 Å². The van der Waals surface area contributed by atoms with E-state index in [1.807, 2.05) is 6.07 Å². The van der Waals surface area contributed by atoms with Gasteiger partial charge in [0.1, 0.15) is 29.3 Å². The van der Waals surface area contributed by atoms with Crippen molar-refractivity contribution in [2.45, 2.75) is 25.2 Å². The Bertz CT molecular complexity index is 1210. The number of nitro groups is 1. The van der Waals surface area contributed by atoms with E-state index in [9.17, 15) is 18.9 Å². The SMILES string of the molecule is N#Cc1ccc([N+](=O)[O-])cc1OCCCNC(=N)C1=C(/N=C/Cl)C(c2ccc(F)cc2F)CC1. The number of rotatable bonds is 9. The second kappa shape index (κ2) is 11.3. The number of ether oxygens (including phenoxy) is 1. The maximum absolute atomic E-state index is 14.3. The third-order valence-corrected chi connectivity index (χ3v) is 5.42. The van der Waals surface area contributed by atoms with Gasteiger partial charge in [-0.05, 0) is 37.0 Å². The summed E-state index contributed by atoms with van der Waals surface area (Å²) >= 11 is 5.68. The standard InChI is InChI=1S/C23H20ClF2N5O3/c24-13-30-22-18(17-5-3-15(25)10-20(17)26)6-7-19(22)23(28)29-8-1-9-34-21-11-16(31(32)33)4-2-14(21)12-27/h2-5,10-11,13,18H,1,6-9H2,(H2,28,29)/b30-13+. The van der Waals surface area contributed by atoms with Gasteiger partial charge in [0.25, 0.3) is 5.69 Å². The Balaban J connectivity index is 1.61. The quantitative estimate of drug-likeness (QED) is 0.166. The molecule has 0 bridgehead atoms. The molecule has 2 aromatic rings. The van der Waals surface area contributed by atoms with Crippen molar-refractivity contribution in [1.29, 1.82) is 10.7 Å². The zero-order chi connectivity index (χ0) is 24.7. The van der Waals surface area contributed by atoms with Gasteiger partial charge in [0, 0.05) is 30.2 Å². The minimum absolute atomic E-state index is 0.107. The smallest absolute Gasteiger partial charge is 0.273 e. The molecule has 1 unspecified atom stereocenters. The Morgan fingerprint density at radius 3 is 2.85 bits per heavy atom. The largest absolute Gasteiger partial charge is 0.492 e. The molecule has 0 saturated carbocycles. The molecule has 2 N–H and O–H groups in total. The molecule has 1 aliphatic carbocycles. The highest BCUT2D eigenvalue weighted by Gasteiger charge is 2.30. The van der Waals surface area contributed by atoms with E-state index in [4.69, 9.17) is 27.0 Å². The molecular weight excluding hydrogens is 468 g/mol. The van der Waals surface area contributed by atoms with Crippen LogP contribution in [0.25, 0.3) is 0 Å². The molecule has 8 nitrogen and oxygen atoms in total. The van der Waals surface area contributed by atoms with Crippen molar-refractivity contribution in [2.24, 2.45) is 4.99 Å². The Hall–Kier alpha value is -3.84. The van der Waals surface area contributed by atoms with Gasteiger partial charge in [-0.3, -0.25) is 15.5 Å². The molecule has 0 fully saturated rings. The first-order valence-electron chi connectivity index (χ1n) is 10.3. The van der Waals surface area contributed by atoms with Crippen LogP contribution in [0, 0.1) is 38.5 Å². The molecule has 0 saturated heterocycles. The monoisotopic (exact) mass is 487 g/mol. The number of nitriles is 1. The van der Waals surface area contributed by atoms with E-state index in [2.05, 4.69) is 10.3 Å². The molecule has 0 amide bonds. The predicted molar refractivity (Wildman–Crippen MR) is 123 cm³/mol. The van der Waals surface area contributed by atoms with E-state index in [1.165, 1.54) is 30.3 Å². The summed E-state index contributed by atoms with van der Waals surface area (Å²) in [5.74, 6) is -1.57. The summed E-state index contributed by atoms with van der Waals surface area (Å²) in [6.45, 7) is 0.498. The molecule has 0 aromatic heterocycles. The highest BCUT2D eigenvalue weighted by atomic mass is 35.5. The number of hydrogen-bond acceptors (Lipinski definition) is 6. The van der Waals surface area contributed by atoms with E-state index in [0.29, 0.717) is 42.6 Å². The van der Waals surface area contributed by atoms with Gasteiger partial charge < -0.3 is 10.1 Å². The van der Waals surface area contributed by atoms with Crippen LogP contribution in [0.2, 0.25) is 0 Å². The molecule has 0 spiro atoms. The molecule has 3 rings (SSSR count). The Labute approximate surface area is 199 Å². The summed E-state index contributed by atoms with van der Waals surface area (Å²) in [6.07, 6.45) is 1.40. The summed E-state index contributed by atoms with van der Waals surface area (Å²) in [7, 11) is 0. The van der Waals surface area contributed by atoms with Crippen molar-refractivity contribution in [3.05, 3.63) is 80.5 Å². The van der Waals surface area contributed by atoms with Crippen molar-refractivity contribution in [2.75, 3.05) is 13.2 Å². The van der Waals surface area contributed by atoms with Gasteiger partial charge in [-0.25, -0.2) is 13.8 Å². The predicted octanol–water partition coefficient (Wildman–Crippen LogP) is 5.18. The number of nitro benzene ring substituents is 1. The fraction of sp³-hybridized carbons (Fsp3) is 0.261. The van der Waals surface area contributed by atoms with Crippen LogP contribution in [0.3, 0.4) is 0 Å². The Morgan fingerprint density at radius 1 is 1.38 bits per heavy atom. The molecule has 1 aliphatic rings. The van der Waals surface area contributed by atoms with E-state index < -0.39 is 22.5 Å². The molecule has 2 aromatic carbocycles. The molecule has 34 heavy (non-hydrogen) atoms. The van der Waals surface area contributed by atoms with Crippen LogP contribution in [-0.2, 0) is 0 Å². The van der Waals surface area contributed by atoms with Gasteiger partial charge in [0.2, 0.25) is 0 Å². The lowest BCUT2D eigenvalue weighted by Crippen LogP contribution is -2.26. The summed E-state index contributed by atoms with van der Waals surface area (Å²) in [6, 6.07) is 9.05. The summed E-state index contributed by atoms with van der Waals surface area (Å²) in [5, 5.41) is 31.4. The highest BCUT2D eigenvalue weighted by molar-refractivity contribution is 6.56. The zero-order valence-corrected chi connectivity index (χ0v) is 18.6. The first kappa shape index (κ1) is 24.8. The molecule has 0 radical (unpaired) electrons. The van der Waals surface area contributed by atoms with Crippen molar-refractivity contribution in [3.63, 3.8) is 0 Å². The topological polar surface area (TPSA) is 124 Å². The number of halogens is 3. The molecule has 11 heteroatoms. The number of aliphatic imine (C=N–C) groups is 1. The maximum atomic E-state index is 14.3. The maximum Gasteiger partial charge on any atom is 0.273 e. The van der Waals surface area contributed by atoms with E-state index in [1.54, 1.807) is 0 Å². The highest BCUT2D eigenvalue weighted by Crippen LogP contribution is 2.41. The van der Waals surface area contributed by atoms with Crippen molar-refractivity contribution >= 4 is 28.8 Å². The minimum Gasteiger partial charge on any atom is -0.492 e. The molecule has 176 valence electrons. The van der Waals surface area contributed by atoms with Crippen molar-refractivity contribution in [3.8, 4) is 11.8 Å². The number of nitrogens with one attached hydrogen (secondary N) is 2. The van der Waals surface area contributed by atoms with Gasteiger partial charge in [0.05, 0.1) is 34.5 Å². The lowest BCUT2D eigenvalue weighted by Gasteiger charge is -2.14. The summed E-state index contributed by atoms with van der Waals surface area (Å²) in [4.78, 5) is 14.5. The van der Waals surface area contributed by atoms with Crippen molar-refractivity contribution in [1.82, 2.24) is 5.32 Å². The second-order valence-corrected chi connectivity index (χ2v) is 7.60. The van der Waals surface area contributed by atoms with Crippen molar-refractivity contribution < 1.29 is 18.4 Å². The van der Waals surface area contributed by atoms with Crippen LogP contribution in [0.5, 0.6) is 5.75 Å². The van der Waals surface area contributed by atoms with Gasteiger partial charge in [-0.1, -0.05) is 17.7 Å². The normalized spacial score (nSPS) is 15.4. The van der Waals surface area contributed by atoms with Crippen LogP contribution in [0.4, 0.5) is 14.5 Å². The van der Waals surface area contributed by atoms with E-state index in [0.717, 1.165) is 11.7 Å². The lowest BCUT2D eigenvalue weighted by atomic mass is 9.96. The fourth-order valence-electron chi connectivity index (χ4n) is 3.73. The zero-order valence-electron chi connectivity index (χ0n) is 17.9. The fourth-order valence-corrected chi connectivity index (χ4v) is 3.84. The molecule has 0 aliphatic heterocycles. The number of nitrogens with zero attached hydrogens (tertiary/aromatic N) is 3. The first-order valence-corrected chi connectivity index (χ1v) is 10.7. The van der Waals surface area contributed by atoms with E-state index >= 15 is 0 Å². The van der Waals surface area contributed by atoms with Crippen LogP contribution >= 0.6 is 11.6 Å². The van der Waals surface area contributed by atoms with Crippen LogP contribution in [-0.4, -0.2) is 29.6 Å². The van der Waals surface area contributed by atoms with E-state index in [-0.39, 0.29) is 29.4 Å². The minimum atomic E-state index is -0.678. The third-order valence-electron chi connectivity index (χ3n) is 5.33. The Kier molecular flexibility index (Phi) is 8.27. The molecular formula is C23H20ClF2N5O3. The van der Waals surface area contributed by atoms with Gasteiger partial charge >= 0.3 is 0 Å². The van der Waals surface area contributed by atoms with Gasteiger partial charge in [-0.2, -0.15) is 5.26 Å². The number of amidine groups is 1. The number of hydrogen-bond donors (Lipinski definition) is 2. The average molecular weight is 488 g/mol. The van der Waals surface area contributed by atoms with Gasteiger partial charge in [0.15, 0.2) is 0 Å². The lowest BCUT2D eigenvalue weighted by molar-refractivity contribution is -0.384. The molecule has 1 atom stereocenters. The Morgan fingerprint density at radius 2 is 2.18 bits per heavy atom. The third kappa shape index (κ3) is 5.74. The van der Waals surface area contributed by atoms with Gasteiger partial charge in [-0.15, -0.1) is 0 Å². The second-order valence-electron chi connectivity index (χ2n) is 7.40. The number of non-ortho nitro benzene ring substituents is 1. The first-order chi connectivity index (χ1) is 16.3. The summed E-state index contributed by atoms with van der Waals surface area (Å²) in [5.41, 5.74) is 2.38. The van der Waals surface area contributed by atoms with Crippen LogP contribution < -0.4 is 10.1 Å². The number of benzene rings is 2. The average Bonchev–Trinajstić information content (AvgIpc) is 3.22.